The molecule has 0 bridgehead atoms. The third-order valence-electron chi connectivity index (χ3n) is 3.01. The van der Waals surface area contributed by atoms with Gasteiger partial charge in [0.25, 0.3) is 0 Å². The number of allylic oxidation sites excluding steroid dienone is 1. The minimum absolute atomic E-state index is 0.226. The Morgan fingerprint density at radius 3 is 2.50 bits per heavy atom. The van der Waals surface area contributed by atoms with Gasteiger partial charge < -0.3 is 4.74 Å². The van der Waals surface area contributed by atoms with E-state index in [2.05, 4.69) is 6.58 Å². The molecular formula is C19H16O3. The summed E-state index contributed by atoms with van der Waals surface area (Å²) >= 11 is 0. The Morgan fingerprint density at radius 1 is 1.09 bits per heavy atom. The van der Waals surface area contributed by atoms with Crippen molar-refractivity contribution in [2.24, 2.45) is 0 Å². The molecule has 0 aliphatic heterocycles. The van der Waals surface area contributed by atoms with Gasteiger partial charge in [0, 0.05) is 6.08 Å². The Kier molecular flexibility index (Phi) is 5.04. The number of ether oxygens (including phenoxy) is 1. The summed E-state index contributed by atoms with van der Waals surface area (Å²) in [6.45, 7) is 5.22. The molecule has 0 atom stereocenters. The first-order valence-corrected chi connectivity index (χ1v) is 6.82. The quantitative estimate of drug-likeness (QED) is 0.362. The number of carbonyl (C=O) groups is 2. The summed E-state index contributed by atoms with van der Waals surface area (Å²) < 4.78 is 5.14. The molecule has 0 heterocycles. The molecular weight excluding hydrogens is 276 g/mol. The van der Waals surface area contributed by atoms with Crippen LogP contribution in [0.5, 0.6) is 5.75 Å². The van der Waals surface area contributed by atoms with Crippen LogP contribution in [0.4, 0.5) is 0 Å². The minimum Gasteiger partial charge on any atom is -0.423 e. The van der Waals surface area contributed by atoms with Crippen LogP contribution in [0.2, 0.25) is 0 Å². The van der Waals surface area contributed by atoms with E-state index in [4.69, 9.17) is 4.74 Å². The van der Waals surface area contributed by atoms with Crippen molar-refractivity contribution in [3.8, 4) is 5.75 Å². The van der Waals surface area contributed by atoms with Gasteiger partial charge in [-0.25, -0.2) is 4.79 Å². The molecule has 0 aliphatic rings. The molecule has 0 fully saturated rings. The monoisotopic (exact) mass is 292 g/mol. The maximum atomic E-state index is 12.3. The Hall–Kier alpha value is -2.94. The van der Waals surface area contributed by atoms with E-state index >= 15 is 0 Å². The molecule has 0 saturated carbocycles. The molecule has 3 heteroatoms. The average molecular weight is 292 g/mol. The minimum atomic E-state index is -0.591. The molecule has 110 valence electrons. The van der Waals surface area contributed by atoms with Crippen LogP contribution in [-0.4, -0.2) is 11.8 Å². The first kappa shape index (κ1) is 15.4. The van der Waals surface area contributed by atoms with Crippen LogP contribution >= 0.6 is 0 Å². The summed E-state index contributed by atoms with van der Waals surface area (Å²) in [6, 6.07) is 14.6. The third-order valence-corrected chi connectivity index (χ3v) is 3.01. The summed E-state index contributed by atoms with van der Waals surface area (Å²) in [7, 11) is 0. The van der Waals surface area contributed by atoms with E-state index in [0.29, 0.717) is 5.56 Å². The summed E-state index contributed by atoms with van der Waals surface area (Å²) in [4.78, 5) is 23.7. The second kappa shape index (κ2) is 7.18. The molecule has 0 N–H and O–H groups in total. The standard InChI is InChI=1S/C19H16O3/c1-3-19(21)22-18-13-14(2)9-11-16(18)17(20)12-10-15-7-5-4-6-8-15/h3-13H,1H2,2H3. The van der Waals surface area contributed by atoms with Gasteiger partial charge in [-0.15, -0.1) is 0 Å². The van der Waals surface area contributed by atoms with Crippen molar-refractivity contribution in [1.82, 2.24) is 0 Å². The van der Waals surface area contributed by atoms with Crippen LogP contribution < -0.4 is 4.74 Å². The van der Waals surface area contributed by atoms with Crippen LogP contribution in [-0.2, 0) is 4.79 Å². The highest BCUT2D eigenvalue weighted by Crippen LogP contribution is 2.22. The first-order chi connectivity index (χ1) is 10.6. The lowest BCUT2D eigenvalue weighted by atomic mass is 10.1. The van der Waals surface area contributed by atoms with Crippen LogP contribution in [0.25, 0.3) is 6.08 Å². The Bertz CT molecular complexity index is 728. The van der Waals surface area contributed by atoms with Crippen LogP contribution in [0, 0.1) is 6.92 Å². The van der Waals surface area contributed by atoms with E-state index < -0.39 is 5.97 Å². The van der Waals surface area contributed by atoms with E-state index in [1.807, 2.05) is 37.3 Å². The number of hydrogen-bond donors (Lipinski definition) is 0. The highest BCUT2D eigenvalue weighted by atomic mass is 16.5. The van der Waals surface area contributed by atoms with Gasteiger partial charge in [-0.3, -0.25) is 4.79 Å². The van der Waals surface area contributed by atoms with Gasteiger partial charge in [-0.1, -0.05) is 49.1 Å². The second-order valence-corrected chi connectivity index (χ2v) is 4.73. The number of carbonyl (C=O) groups excluding carboxylic acids is 2. The van der Waals surface area contributed by atoms with Crippen molar-refractivity contribution >= 4 is 17.8 Å². The number of ketones is 1. The van der Waals surface area contributed by atoms with Crippen molar-refractivity contribution < 1.29 is 14.3 Å². The predicted octanol–water partition coefficient (Wildman–Crippen LogP) is 3.98. The zero-order chi connectivity index (χ0) is 15.9. The van der Waals surface area contributed by atoms with E-state index in [-0.39, 0.29) is 11.5 Å². The number of hydrogen-bond acceptors (Lipinski definition) is 3. The summed E-state index contributed by atoms with van der Waals surface area (Å²) in [6.07, 6.45) is 4.25. The Balaban J connectivity index is 2.27. The predicted molar refractivity (Wildman–Crippen MR) is 86.8 cm³/mol. The highest BCUT2D eigenvalue weighted by molar-refractivity contribution is 6.09. The van der Waals surface area contributed by atoms with Crippen molar-refractivity contribution in [3.05, 3.63) is 84.0 Å². The van der Waals surface area contributed by atoms with Crippen LogP contribution in [0.1, 0.15) is 21.5 Å². The smallest absolute Gasteiger partial charge is 0.335 e. The van der Waals surface area contributed by atoms with E-state index in [1.165, 1.54) is 6.08 Å². The van der Waals surface area contributed by atoms with Crippen molar-refractivity contribution in [3.63, 3.8) is 0 Å². The molecule has 0 aromatic heterocycles. The van der Waals surface area contributed by atoms with Gasteiger partial charge in [0.1, 0.15) is 5.75 Å². The van der Waals surface area contributed by atoms with Crippen molar-refractivity contribution in [1.29, 1.82) is 0 Å². The van der Waals surface area contributed by atoms with E-state index in [0.717, 1.165) is 17.2 Å². The molecule has 0 radical (unpaired) electrons. The summed E-state index contributed by atoms with van der Waals surface area (Å²) in [5.41, 5.74) is 2.16. The fraction of sp³-hybridized carbons (Fsp3) is 0.0526. The molecule has 2 aromatic carbocycles. The maximum Gasteiger partial charge on any atom is 0.335 e. The maximum absolute atomic E-state index is 12.3. The van der Waals surface area contributed by atoms with Crippen LogP contribution in [0.15, 0.2) is 67.3 Å². The molecule has 0 amide bonds. The van der Waals surface area contributed by atoms with Gasteiger partial charge in [0.2, 0.25) is 0 Å². The first-order valence-electron chi connectivity index (χ1n) is 6.82. The van der Waals surface area contributed by atoms with Crippen molar-refractivity contribution in [2.45, 2.75) is 6.92 Å². The van der Waals surface area contributed by atoms with Crippen LogP contribution in [0.3, 0.4) is 0 Å². The normalized spacial score (nSPS) is 10.4. The largest absolute Gasteiger partial charge is 0.423 e. The molecule has 3 nitrogen and oxygen atoms in total. The summed E-state index contributed by atoms with van der Waals surface area (Å²) in [5, 5.41) is 0. The molecule has 2 rings (SSSR count). The second-order valence-electron chi connectivity index (χ2n) is 4.73. The molecule has 0 aliphatic carbocycles. The lowest BCUT2D eigenvalue weighted by Crippen LogP contribution is -2.07. The highest BCUT2D eigenvalue weighted by Gasteiger charge is 2.12. The lowest BCUT2D eigenvalue weighted by Gasteiger charge is -2.07. The van der Waals surface area contributed by atoms with E-state index in [1.54, 1.807) is 24.3 Å². The zero-order valence-corrected chi connectivity index (χ0v) is 12.3. The van der Waals surface area contributed by atoms with E-state index in [9.17, 15) is 9.59 Å². The molecule has 0 saturated heterocycles. The Labute approximate surface area is 129 Å². The van der Waals surface area contributed by atoms with Gasteiger partial charge in [-0.05, 0) is 36.3 Å². The number of aryl methyl sites for hydroxylation is 1. The SMILES string of the molecule is C=CC(=O)Oc1cc(C)ccc1C(=O)C=Cc1ccccc1. The van der Waals surface area contributed by atoms with Gasteiger partial charge in [0.05, 0.1) is 5.56 Å². The summed E-state index contributed by atoms with van der Waals surface area (Å²) in [5.74, 6) is -0.574. The topological polar surface area (TPSA) is 43.4 Å². The molecule has 0 unspecified atom stereocenters. The van der Waals surface area contributed by atoms with Gasteiger partial charge in [0.15, 0.2) is 5.78 Å². The zero-order valence-electron chi connectivity index (χ0n) is 12.3. The van der Waals surface area contributed by atoms with Gasteiger partial charge >= 0.3 is 5.97 Å². The van der Waals surface area contributed by atoms with Gasteiger partial charge in [-0.2, -0.15) is 0 Å². The average Bonchev–Trinajstić information content (AvgIpc) is 2.53. The molecule has 2 aromatic rings. The molecule has 0 spiro atoms. The fourth-order valence-electron chi connectivity index (χ4n) is 1.89. The number of benzene rings is 2. The fourth-order valence-corrected chi connectivity index (χ4v) is 1.89. The number of esters is 1. The third kappa shape index (κ3) is 4.03. The Morgan fingerprint density at radius 2 is 1.82 bits per heavy atom. The number of rotatable bonds is 5. The molecule has 22 heavy (non-hydrogen) atoms. The lowest BCUT2D eigenvalue weighted by molar-refractivity contribution is -0.128. The van der Waals surface area contributed by atoms with Crippen molar-refractivity contribution in [2.75, 3.05) is 0 Å².